The number of oxime groups is 1. The maximum atomic E-state index is 10.7. The molecule has 0 bridgehead atoms. The highest BCUT2D eigenvalue weighted by Crippen LogP contribution is 2.26. The third-order valence-corrected chi connectivity index (χ3v) is 2.71. The summed E-state index contributed by atoms with van der Waals surface area (Å²) in [6.07, 6.45) is 1.41. The van der Waals surface area contributed by atoms with E-state index in [1.165, 1.54) is 24.4 Å². The van der Waals surface area contributed by atoms with Crippen LogP contribution >= 0.6 is 0 Å². The number of hydrogen-bond acceptors (Lipinski definition) is 6. The van der Waals surface area contributed by atoms with E-state index in [0.29, 0.717) is 22.8 Å². The van der Waals surface area contributed by atoms with Gasteiger partial charge in [-0.1, -0.05) is 5.16 Å². The number of aromatic nitrogens is 1. The Balaban J connectivity index is 2.19. The van der Waals surface area contributed by atoms with Gasteiger partial charge < -0.3 is 15.7 Å². The summed E-state index contributed by atoms with van der Waals surface area (Å²) in [5.41, 5.74) is 6.23. The highest BCUT2D eigenvalue weighted by molar-refractivity contribution is 5.95. The van der Waals surface area contributed by atoms with Crippen molar-refractivity contribution in [3.63, 3.8) is 0 Å². The molecule has 0 aliphatic heterocycles. The second-order valence-corrected chi connectivity index (χ2v) is 4.17. The smallest absolute Gasteiger partial charge is 0.272 e. The molecule has 1 aromatic carbocycles. The molecule has 0 spiro atoms. The van der Waals surface area contributed by atoms with Gasteiger partial charge >= 0.3 is 0 Å². The molecule has 3 N–H and O–H groups in total. The number of nitro groups is 1. The summed E-state index contributed by atoms with van der Waals surface area (Å²) in [4.78, 5) is 14.2. The first-order valence-corrected chi connectivity index (χ1v) is 5.88. The fourth-order valence-corrected chi connectivity index (χ4v) is 1.68. The second-order valence-electron chi connectivity index (χ2n) is 4.17. The number of pyridine rings is 1. The summed E-state index contributed by atoms with van der Waals surface area (Å²) in [5, 5.41) is 22.1. The first kappa shape index (κ1) is 14.3. The third kappa shape index (κ3) is 3.24. The molecule has 0 aliphatic carbocycles. The standard InChI is InChI=1S/C13H12N4O4/c1-8-6-9(3-5-12(8)17(19)20)21-10-2-4-11(15-7-10)13(14)16-18/h2-7,18H,1H3,(H2,14,16). The molecule has 8 nitrogen and oxygen atoms in total. The average molecular weight is 288 g/mol. The molecule has 8 heteroatoms. The van der Waals surface area contributed by atoms with Gasteiger partial charge in [-0.25, -0.2) is 4.98 Å². The molecular formula is C13H12N4O4. The van der Waals surface area contributed by atoms with Gasteiger partial charge in [-0.05, 0) is 31.2 Å². The zero-order valence-corrected chi connectivity index (χ0v) is 11.1. The van der Waals surface area contributed by atoms with Crippen LogP contribution in [-0.4, -0.2) is 21.0 Å². The molecule has 0 saturated heterocycles. The fraction of sp³-hybridized carbons (Fsp3) is 0.0769. The van der Waals surface area contributed by atoms with Gasteiger partial charge in [0.25, 0.3) is 5.69 Å². The van der Waals surface area contributed by atoms with E-state index in [0.717, 1.165) is 0 Å². The lowest BCUT2D eigenvalue weighted by Gasteiger charge is -2.07. The fourth-order valence-electron chi connectivity index (χ4n) is 1.68. The number of hydrogen-bond donors (Lipinski definition) is 2. The Hall–Kier alpha value is -3.16. The van der Waals surface area contributed by atoms with Gasteiger partial charge in [0.05, 0.1) is 11.1 Å². The van der Waals surface area contributed by atoms with E-state index in [1.54, 1.807) is 19.1 Å². The second kappa shape index (κ2) is 5.87. The largest absolute Gasteiger partial charge is 0.456 e. The maximum absolute atomic E-state index is 10.7. The van der Waals surface area contributed by atoms with Gasteiger partial charge in [0.2, 0.25) is 0 Å². The van der Waals surface area contributed by atoms with Crippen LogP contribution < -0.4 is 10.5 Å². The number of ether oxygens (including phenoxy) is 1. The lowest BCUT2D eigenvalue weighted by molar-refractivity contribution is -0.385. The first-order chi connectivity index (χ1) is 10.0. The van der Waals surface area contributed by atoms with E-state index in [-0.39, 0.29) is 11.5 Å². The van der Waals surface area contributed by atoms with Crippen LogP contribution in [0.3, 0.4) is 0 Å². The molecule has 0 radical (unpaired) electrons. The number of aryl methyl sites for hydroxylation is 1. The van der Waals surface area contributed by atoms with Crippen LogP contribution in [0.1, 0.15) is 11.3 Å². The maximum Gasteiger partial charge on any atom is 0.272 e. The van der Waals surface area contributed by atoms with Crippen molar-refractivity contribution in [3.05, 3.63) is 57.9 Å². The van der Waals surface area contributed by atoms with Crippen molar-refractivity contribution in [3.8, 4) is 11.5 Å². The Bertz CT molecular complexity index is 698. The number of amidine groups is 1. The van der Waals surface area contributed by atoms with Gasteiger partial charge in [0.15, 0.2) is 5.84 Å². The van der Waals surface area contributed by atoms with Crippen LogP contribution in [0.4, 0.5) is 5.69 Å². The Kier molecular flexibility index (Phi) is 3.98. The minimum atomic E-state index is -0.452. The van der Waals surface area contributed by atoms with E-state index in [1.807, 2.05) is 0 Å². The Labute approximate surface area is 119 Å². The molecule has 0 saturated carbocycles. The molecular weight excluding hydrogens is 276 g/mol. The summed E-state index contributed by atoms with van der Waals surface area (Å²) >= 11 is 0. The highest BCUT2D eigenvalue weighted by Gasteiger charge is 2.11. The summed E-state index contributed by atoms with van der Waals surface area (Å²) < 4.78 is 5.53. The molecule has 1 aromatic heterocycles. The summed E-state index contributed by atoms with van der Waals surface area (Å²) in [6.45, 7) is 1.63. The first-order valence-electron chi connectivity index (χ1n) is 5.88. The quantitative estimate of drug-likeness (QED) is 0.292. The normalized spacial score (nSPS) is 11.2. The van der Waals surface area contributed by atoms with Crippen LogP contribution in [0.15, 0.2) is 41.7 Å². The number of benzene rings is 1. The Morgan fingerprint density at radius 2 is 2.10 bits per heavy atom. The average Bonchev–Trinajstić information content (AvgIpc) is 2.47. The third-order valence-electron chi connectivity index (χ3n) is 2.71. The molecule has 0 amide bonds. The molecule has 1 heterocycles. The van der Waals surface area contributed by atoms with Crippen LogP contribution in [0.2, 0.25) is 0 Å². The highest BCUT2D eigenvalue weighted by atomic mass is 16.6. The van der Waals surface area contributed by atoms with Crippen molar-refractivity contribution in [2.45, 2.75) is 6.92 Å². The van der Waals surface area contributed by atoms with E-state index >= 15 is 0 Å². The predicted molar refractivity (Wildman–Crippen MR) is 74.7 cm³/mol. The monoisotopic (exact) mass is 288 g/mol. The molecule has 0 unspecified atom stereocenters. The summed E-state index contributed by atoms with van der Waals surface area (Å²) in [6, 6.07) is 7.57. The molecule has 21 heavy (non-hydrogen) atoms. The van der Waals surface area contributed by atoms with Crippen molar-refractivity contribution in [1.82, 2.24) is 4.98 Å². The van der Waals surface area contributed by atoms with Crippen LogP contribution in [-0.2, 0) is 0 Å². The summed E-state index contributed by atoms with van der Waals surface area (Å²) in [5.74, 6) is 0.780. The van der Waals surface area contributed by atoms with Gasteiger partial charge in [-0.3, -0.25) is 10.1 Å². The van der Waals surface area contributed by atoms with Gasteiger partial charge in [0, 0.05) is 11.6 Å². The zero-order chi connectivity index (χ0) is 15.4. The van der Waals surface area contributed by atoms with Crippen molar-refractivity contribution >= 4 is 11.5 Å². The Morgan fingerprint density at radius 1 is 1.38 bits per heavy atom. The van der Waals surface area contributed by atoms with E-state index < -0.39 is 4.92 Å². The van der Waals surface area contributed by atoms with Crippen molar-refractivity contribution in [1.29, 1.82) is 0 Å². The molecule has 0 aliphatic rings. The summed E-state index contributed by atoms with van der Waals surface area (Å²) in [7, 11) is 0. The minimum Gasteiger partial charge on any atom is -0.456 e. The number of rotatable bonds is 4. The number of nitro benzene ring substituents is 1. The topological polar surface area (TPSA) is 124 Å². The van der Waals surface area contributed by atoms with E-state index in [2.05, 4.69) is 10.1 Å². The van der Waals surface area contributed by atoms with Crippen molar-refractivity contribution in [2.75, 3.05) is 0 Å². The Morgan fingerprint density at radius 3 is 2.62 bits per heavy atom. The van der Waals surface area contributed by atoms with Crippen LogP contribution in [0, 0.1) is 17.0 Å². The van der Waals surface area contributed by atoms with Crippen LogP contribution in [0.5, 0.6) is 11.5 Å². The number of nitrogens with two attached hydrogens (primary N) is 1. The lowest BCUT2D eigenvalue weighted by atomic mass is 10.2. The molecule has 2 aromatic rings. The lowest BCUT2D eigenvalue weighted by Crippen LogP contribution is -2.14. The van der Waals surface area contributed by atoms with Gasteiger partial charge in [0.1, 0.15) is 17.2 Å². The predicted octanol–water partition coefficient (Wildman–Crippen LogP) is 2.19. The number of nitrogens with zero attached hydrogens (tertiary/aromatic N) is 3. The molecule has 108 valence electrons. The van der Waals surface area contributed by atoms with Crippen molar-refractivity contribution in [2.24, 2.45) is 10.9 Å². The SMILES string of the molecule is Cc1cc(Oc2ccc(/C(N)=N/O)nc2)ccc1[N+](=O)[O-]. The van der Waals surface area contributed by atoms with Gasteiger partial charge in [-0.15, -0.1) is 0 Å². The minimum absolute atomic E-state index is 0.0303. The van der Waals surface area contributed by atoms with Crippen molar-refractivity contribution < 1.29 is 14.9 Å². The van der Waals surface area contributed by atoms with Crippen LogP contribution in [0.25, 0.3) is 0 Å². The van der Waals surface area contributed by atoms with E-state index in [4.69, 9.17) is 15.7 Å². The molecule has 2 rings (SSSR count). The zero-order valence-electron chi connectivity index (χ0n) is 11.1. The van der Waals surface area contributed by atoms with E-state index in [9.17, 15) is 10.1 Å². The van der Waals surface area contributed by atoms with Gasteiger partial charge in [-0.2, -0.15) is 0 Å². The molecule has 0 fully saturated rings. The molecule has 0 atom stereocenters.